The third-order valence-corrected chi connectivity index (χ3v) is 10.6. The topological polar surface area (TPSA) is 286 Å². The normalized spacial score (nSPS) is 24.9. The number of carbonyl (C=O) groups is 5. The summed E-state index contributed by atoms with van der Waals surface area (Å²) in [6, 6.07) is -1.98. The standard InChI is InChI=1S/C41H54F6N6O13/c1-2-3-4-5-6-13-29(56)50-25(14-15-30(57)58)36(61)52-31-27(18-54)64-20-26(51-38(62)48-23-11-7-9-21(16-23)40(42,43)44)35(31)66-37-32(34(60)33(59)28(19-55)65-37)53-39(63)49-24-12-8-10-22(17-24)41(45,46)47/h7-12,16-17,25-28,31-35,37,54-55,59-60H,2-6,13-15,18-20H2,1H3,(H,50,56)(H,52,61)(H,57,58)(H2,48,51,62)(H2,49,53,63)/t25-,26+,27-,28-,31+,32-,33-,34-,35-,37+/m1/s1. The number of hydrogen-bond donors (Lipinski definition) is 11. The van der Waals surface area contributed by atoms with E-state index in [2.05, 4.69) is 31.9 Å². The van der Waals surface area contributed by atoms with Gasteiger partial charge in [0.1, 0.15) is 42.6 Å². The van der Waals surface area contributed by atoms with Crippen molar-refractivity contribution in [3.63, 3.8) is 0 Å². The van der Waals surface area contributed by atoms with Crippen LogP contribution in [0.25, 0.3) is 0 Å². The summed E-state index contributed by atoms with van der Waals surface area (Å²) in [5.41, 5.74) is -2.93. The Morgan fingerprint density at radius 3 is 1.88 bits per heavy atom. The fraction of sp³-hybridized carbons (Fsp3) is 0.585. The number of rotatable bonds is 20. The van der Waals surface area contributed by atoms with Crippen molar-refractivity contribution in [1.29, 1.82) is 0 Å². The number of aliphatic hydroxyl groups is 4. The lowest BCUT2D eigenvalue weighted by atomic mass is 9.93. The van der Waals surface area contributed by atoms with Gasteiger partial charge >= 0.3 is 30.4 Å². The molecule has 368 valence electrons. The van der Waals surface area contributed by atoms with Crippen molar-refractivity contribution in [2.75, 3.05) is 30.5 Å². The number of carboxylic acid groups (broad SMARTS) is 1. The van der Waals surface area contributed by atoms with Crippen LogP contribution in [0.1, 0.15) is 69.4 Å². The average Bonchev–Trinajstić information content (AvgIpc) is 3.25. The van der Waals surface area contributed by atoms with E-state index in [0.717, 1.165) is 55.7 Å². The summed E-state index contributed by atoms with van der Waals surface area (Å²) in [5.74, 6) is -2.95. The Morgan fingerprint density at radius 2 is 1.33 bits per heavy atom. The van der Waals surface area contributed by atoms with Gasteiger partial charge in [0.2, 0.25) is 11.8 Å². The van der Waals surface area contributed by atoms with Crippen molar-refractivity contribution in [3.8, 4) is 0 Å². The molecular weight excluding hydrogens is 898 g/mol. The molecule has 0 spiro atoms. The number of alkyl halides is 6. The monoisotopic (exact) mass is 952 g/mol. The van der Waals surface area contributed by atoms with Gasteiger partial charge in [-0.2, -0.15) is 26.3 Å². The second kappa shape index (κ2) is 24.5. The molecule has 0 bridgehead atoms. The van der Waals surface area contributed by atoms with Crippen LogP contribution in [0.2, 0.25) is 0 Å². The lowest BCUT2D eigenvalue weighted by molar-refractivity contribution is -0.293. The molecule has 11 N–H and O–H groups in total. The molecule has 10 atom stereocenters. The summed E-state index contributed by atoms with van der Waals surface area (Å²) >= 11 is 0. The molecule has 19 nitrogen and oxygen atoms in total. The van der Waals surface area contributed by atoms with Crippen LogP contribution in [0, 0.1) is 0 Å². The number of nitrogens with one attached hydrogen (secondary N) is 6. The molecule has 0 saturated carbocycles. The van der Waals surface area contributed by atoms with E-state index in [1.807, 2.05) is 6.92 Å². The van der Waals surface area contributed by atoms with Gasteiger partial charge in [-0.25, -0.2) is 9.59 Å². The summed E-state index contributed by atoms with van der Waals surface area (Å²) in [4.78, 5) is 65.3. The lowest BCUT2D eigenvalue weighted by Crippen LogP contribution is -2.71. The number of unbranched alkanes of at least 4 members (excludes halogenated alkanes) is 4. The van der Waals surface area contributed by atoms with Crippen LogP contribution < -0.4 is 31.9 Å². The minimum atomic E-state index is -4.80. The molecule has 6 amide bonds. The van der Waals surface area contributed by atoms with E-state index in [0.29, 0.717) is 25.0 Å². The summed E-state index contributed by atoms with van der Waals surface area (Å²) in [5, 5.41) is 66.1. The van der Waals surface area contributed by atoms with Crippen molar-refractivity contribution in [3.05, 3.63) is 59.7 Å². The summed E-state index contributed by atoms with van der Waals surface area (Å²) in [6.45, 7) is -0.431. The second-order valence-electron chi connectivity index (χ2n) is 15.6. The van der Waals surface area contributed by atoms with Crippen molar-refractivity contribution in [1.82, 2.24) is 21.3 Å². The molecule has 2 aromatic carbocycles. The van der Waals surface area contributed by atoms with Crippen LogP contribution >= 0.6 is 0 Å². The van der Waals surface area contributed by atoms with Crippen LogP contribution in [-0.2, 0) is 40.9 Å². The van der Waals surface area contributed by atoms with Gasteiger partial charge < -0.3 is 71.6 Å². The maximum absolute atomic E-state index is 14.0. The number of aliphatic hydroxyl groups excluding tert-OH is 4. The predicted molar refractivity (Wildman–Crippen MR) is 218 cm³/mol. The summed E-state index contributed by atoms with van der Waals surface area (Å²) < 4.78 is 98.3. The van der Waals surface area contributed by atoms with Crippen LogP contribution in [0.15, 0.2) is 48.5 Å². The zero-order valence-corrected chi connectivity index (χ0v) is 35.4. The first kappa shape index (κ1) is 53.3. The fourth-order valence-electron chi connectivity index (χ4n) is 7.20. The van der Waals surface area contributed by atoms with Gasteiger partial charge in [0.05, 0.1) is 43.0 Å². The molecule has 0 aliphatic carbocycles. The first-order valence-electron chi connectivity index (χ1n) is 21.0. The molecule has 2 fully saturated rings. The number of amides is 6. The highest BCUT2D eigenvalue weighted by atomic mass is 19.4. The molecule has 0 aromatic heterocycles. The van der Waals surface area contributed by atoms with Crippen molar-refractivity contribution in [2.45, 2.75) is 132 Å². The van der Waals surface area contributed by atoms with Gasteiger partial charge in [-0.3, -0.25) is 14.4 Å². The molecule has 2 heterocycles. The summed E-state index contributed by atoms with van der Waals surface area (Å²) in [6.07, 6.45) is -17.6. The van der Waals surface area contributed by atoms with Crippen LogP contribution in [0.4, 0.5) is 47.3 Å². The molecule has 0 radical (unpaired) electrons. The van der Waals surface area contributed by atoms with E-state index >= 15 is 0 Å². The minimum Gasteiger partial charge on any atom is -0.481 e. The van der Waals surface area contributed by atoms with Crippen LogP contribution in [0.3, 0.4) is 0 Å². The van der Waals surface area contributed by atoms with Gasteiger partial charge in [0.25, 0.3) is 0 Å². The predicted octanol–water partition coefficient (Wildman–Crippen LogP) is 2.81. The Labute approximate surface area is 373 Å². The number of urea groups is 2. The van der Waals surface area contributed by atoms with Crippen molar-refractivity contribution < 1.29 is 90.1 Å². The number of ether oxygens (including phenoxy) is 3. The Balaban J connectivity index is 1.69. The number of aliphatic carboxylic acids is 1. The quantitative estimate of drug-likeness (QED) is 0.0674. The minimum absolute atomic E-state index is 0.0138. The highest BCUT2D eigenvalue weighted by Gasteiger charge is 2.51. The number of hydrogen-bond acceptors (Lipinski definition) is 12. The number of halogens is 6. The maximum atomic E-state index is 14.0. The molecule has 25 heteroatoms. The Bertz CT molecular complexity index is 1950. The van der Waals surface area contributed by atoms with E-state index in [9.17, 15) is 75.8 Å². The van der Waals surface area contributed by atoms with E-state index in [-0.39, 0.29) is 17.8 Å². The van der Waals surface area contributed by atoms with Crippen molar-refractivity contribution >= 4 is 41.2 Å². The average molecular weight is 953 g/mol. The zero-order chi connectivity index (χ0) is 48.8. The molecule has 2 aliphatic heterocycles. The number of carbonyl (C=O) groups excluding carboxylic acids is 4. The Kier molecular flexibility index (Phi) is 19.8. The van der Waals surface area contributed by atoms with Gasteiger partial charge in [-0.05, 0) is 49.2 Å². The van der Waals surface area contributed by atoms with E-state index in [1.54, 1.807) is 0 Å². The summed E-state index contributed by atoms with van der Waals surface area (Å²) in [7, 11) is 0. The van der Waals surface area contributed by atoms with Crippen LogP contribution in [0.5, 0.6) is 0 Å². The number of anilines is 2. The van der Waals surface area contributed by atoms with E-state index in [4.69, 9.17) is 14.2 Å². The molecule has 0 unspecified atom stereocenters. The van der Waals surface area contributed by atoms with Gasteiger partial charge in [-0.1, -0.05) is 44.7 Å². The molecule has 4 rings (SSSR count). The Morgan fingerprint density at radius 1 is 0.758 bits per heavy atom. The largest absolute Gasteiger partial charge is 0.481 e. The number of carboxylic acids is 1. The van der Waals surface area contributed by atoms with E-state index in [1.165, 1.54) is 0 Å². The highest BCUT2D eigenvalue weighted by Crippen LogP contribution is 2.33. The molecule has 2 saturated heterocycles. The van der Waals surface area contributed by atoms with Gasteiger partial charge in [-0.15, -0.1) is 0 Å². The molecule has 2 aromatic rings. The third kappa shape index (κ3) is 15.7. The maximum Gasteiger partial charge on any atom is 0.416 e. The molecule has 66 heavy (non-hydrogen) atoms. The Hall–Kier alpha value is -5.31. The number of benzene rings is 2. The zero-order valence-electron chi connectivity index (χ0n) is 35.4. The molecular formula is C41H54F6N6O13. The van der Waals surface area contributed by atoms with Crippen LogP contribution in [-0.4, -0.2) is 136 Å². The lowest BCUT2D eigenvalue weighted by Gasteiger charge is -2.47. The van der Waals surface area contributed by atoms with Crippen molar-refractivity contribution in [2.24, 2.45) is 0 Å². The SMILES string of the molecule is CCCCCCCC(=O)N[C@H](CCC(=O)O)C(=O)N[C@@H]1[C@H](O[C@@H]2O[C@H](CO)[C@@H](O)[C@H](O)[C@H]2NC(=O)Nc2cccc(C(F)(F)F)c2)[C@@H](NC(=O)Nc2cccc(C(F)(F)F)c2)CO[C@@H]1CO. The first-order chi connectivity index (χ1) is 31.1. The fourth-order valence-corrected chi connectivity index (χ4v) is 7.20. The molecule has 2 aliphatic rings. The third-order valence-electron chi connectivity index (χ3n) is 10.6. The smallest absolute Gasteiger partial charge is 0.416 e. The highest BCUT2D eigenvalue weighted by molar-refractivity contribution is 5.91. The first-order valence-corrected chi connectivity index (χ1v) is 21.0. The van der Waals surface area contributed by atoms with Gasteiger partial charge in [0.15, 0.2) is 6.29 Å². The van der Waals surface area contributed by atoms with Gasteiger partial charge in [0, 0.05) is 24.2 Å². The second-order valence-corrected chi connectivity index (χ2v) is 15.6. The van der Waals surface area contributed by atoms with E-state index < -0.39 is 147 Å².